The van der Waals surface area contributed by atoms with Crippen molar-refractivity contribution in [3.05, 3.63) is 84.9 Å². The maximum atomic E-state index is 3.63. The second-order valence-electron chi connectivity index (χ2n) is 9.92. The summed E-state index contributed by atoms with van der Waals surface area (Å²) in [5.41, 5.74) is 16.6. The van der Waals surface area contributed by atoms with Crippen molar-refractivity contribution < 1.29 is 0 Å². The van der Waals surface area contributed by atoms with Crippen LogP contribution in [0.25, 0.3) is 88.3 Å². The van der Waals surface area contributed by atoms with Crippen molar-refractivity contribution in [2.45, 2.75) is 0 Å². The highest BCUT2D eigenvalue weighted by Gasteiger charge is 2.08. The topological polar surface area (TPSA) is 126 Å². The molecule has 0 fully saturated rings. The van der Waals surface area contributed by atoms with Crippen LogP contribution in [0.15, 0.2) is 84.9 Å². The molecule has 0 saturated heterocycles. The molecule has 8 nitrogen and oxygen atoms in total. The molecule has 8 heteroatoms. The molecule has 0 aliphatic heterocycles. The molecule has 0 spiro atoms. The minimum Gasteiger partial charge on any atom is -0.352 e. The number of aromatic amines is 8. The number of benzene rings is 5. The van der Waals surface area contributed by atoms with Gasteiger partial charge in [-0.3, -0.25) is 0 Å². The van der Waals surface area contributed by atoms with Crippen LogP contribution in [0.1, 0.15) is 0 Å². The van der Waals surface area contributed by atoms with Crippen LogP contribution in [-0.2, 0) is 0 Å². The number of para-hydroxylation sites is 4. The van der Waals surface area contributed by atoms with Gasteiger partial charge in [0, 0.05) is 0 Å². The Morgan fingerprint density at radius 2 is 0.368 bits per heavy atom. The summed E-state index contributed by atoms with van der Waals surface area (Å²) in [6, 6.07) is 29.4. The maximum absolute atomic E-state index is 3.63. The van der Waals surface area contributed by atoms with Gasteiger partial charge >= 0.3 is 0 Å². The second kappa shape index (κ2) is 7.04. The third-order valence-corrected chi connectivity index (χ3v) is 7.48. The number of nitrogens with one attached hydrogen (secondary N) is 8. The van der Waals surface area contributed by atoms with Crippen molar-refractivity contribution in [2.24, 2.45) is 0 Å². The Balaban J connectivity index is 1.28. The Labute approximate surface area is 213 Å². The number of H-pyrrole nitrogens is 8. The maximum Gasteiger partial charge on any atom is 0.0646 e. The van der Waals surface area contributed by atoms with E-state index in [4.69, 9.17) is 0 Å². The van der Waals surface area contributed by atoms with Crippen molar-refractivity contribution in [2.75, 3.05) is 0 Å². The van der Waals surface area contributed by atoms with Crippen molar-refractivity contribution in [1.29, 1.82) is 0 Å². The van der Waals surface area contributed by atoms with E-state index in [1.54, 1.807) is 0 Å². The molecule has 4 heterocycles. The van der Waals surface area contributed by atoms with E-state index in [1.807, 2.05) is 24.3 Å². The van der Waals surface area contributed by atoms with Gasteiger partial charge in [-0.1, -0.05) is 24.3 Å². The van der Waals surface area contributed by atoms with Gasteiger partial charge in [0.1, 0.15) is 0 Å². The van der Waals surface area contributed by atoms with E-state index < -0.39 is 0 Å². The van der Waals surface area contributed by atoms with E-state index in [-0.39, 0.29) is 0 Å². The van der Waals surface area contributed by atoms with Gasteiger partial charge in [0.2, 0.25) is 0 Å². The molecular formula is C30H22N8. The molecule has 38 heavy (non-hydrogen) atoms. The average Bonchev–Trinajstić information content (AvgIpc) is 2.93. The smallest absolute Gasteiger partial charge is 0.0646 e. The van der Waals surface area contributed by atoms with Crippen molar-refractivity contribution in [1.82, 2.24) is 39.9 Å². The predicted octanol–water partition coefficient (Wildman–Crippen LogP) is 7.79. The number of rotatable bonds is 0. The summed E-state index contributed by atoms with van der Waals surface area (Å²) in [6.45, 7) is 0. The first-order valence-electron chi connectivity index (χ1n) is 12.6. The van der Waals surface area contributed by atoms with Crippen LogP contribution in [-0.4, -0.2) is 39.9 Å². The molecule has 9 aromatic rings. The normalized spacial score (nSPS) is 12.2. The van der Waals surface area contributed by atoms with E-state index >= 15 is 0 Å². The third-order valence-electron chi connectivity index (χ3n) is 7.48. The van der Waals surface area contributed by atoms with Crippen LogP contribution in [0, 0.1) is 0 Å². The van der Waals surface area contributed by atoms with E-state index in [1.165, 1.54) is 0 Å². The number of hydrogen-bond acceptors (Lipinski definition) is 0. The first kappa shape index (κ1) is 19.7. The van der Waals surface area contributed by atoms with Gasteiger partial charge in [-0.2, -0.15) is 0 Å². The first-order valence-corrected chi connectivity index (χ1v) is 12.6. The molecule has 182 valence electrons. The molecule has 0 unspecified atom stereocenters. The van der Waals surface area contributed by atoms with Crippen molar-refractivity contribution in [3.63, 3.8) is 0 Å². The molecule has 4 aromatic heterocycles. The lowest BCUT2D eigenvalue weighted by atomic mass is 10.2. The predicted molar refractivity (Wildman–Crippen MR) is 157 cm³/mol. The van der Waals surface area contributed by atoms with Gasteiger partial charge in [-0.15, -0.1) is 0 Å². The van der Waals surface area contributed by atoms with E-state index in [0.29, 0.717) is 0 Å². The minimum absolute atomic E-state index is 1.02. The molecule has 0 amide bonds. The molecule has 0 saturated carbocycles. The van der Waals surface area contributed by atoms with Crippen LogP contribution < -0.4 is 0 Å². The summed E-state index contributed by atoms with van der Waals surface area (Å²) in [6.07, 6.45) is 0. The molecule has 8 N–H and O–H groups in total. The summed E-state index contributed by atoms with van der Waals surface area (Å²) in [5, 5.41) is 0. The fraction of sp³-hybridized carbons (Fsp3) is 0. The van der Waals surface area contributed by atoms with Gasteiger partial charge in [0.25, 0.3) is 0 Å². The Kier molecular flexibility index (Phi) is 3.64. The Morgan fingerprint density at radius 3 is 0.553 bits per heavy atom. The van der Waals surface area contributed by atoms with Gasteiger partial charge in [0.05, 0.1) is 88.3 Å². The number of aromatic nitrogens is 8. The lowest BCUT2D eigenvalue weighted by Gasteiger charge is -2.11. The summed E-state index contributed by atoms with van der Waals surface area (Å²) >= 11 is 0. The quantitative estimate of drug-likeness (QED) is 0.0980. The van der Waals surface area contributed by atoms with E-state index in [2.05, 4.69) is 101 Å². The summed E-state index contributed by atoms with van der Waals surface area (Å²) < 4.78 is 0. The van der Waals surface area contributed by atoms with Gasteiger partial charge < -0.3 is 39.9 Å². The van der Waals surface area contributed by atoms with E-state index in [0.717, 1.165) is 88.3 Å². The Hall–Kier alpha value is -5.50. The zero-order chi connectivity index (χ0) is 24.8. The van der Waals surface area contributed by atoms with Crippen LogP contribution >= 0.6 is 0 Å². The molecule has 5 aromatic carbocycles. The Bertz CT molecular complexity index is 2130. The minimum atomic E-state index is 1.02. The van der Waals surface area contributed by atoms with Gasteiger partial charge in [-0.05, 0) is 60.7 Å². The highest BCUT2D eigenvalue weighted by Crippen LogP contribution is 2.27. The number of fused-ring (bicyclic) bond motifs is 8. The highest BCUT2D eigenvalue weighted by atomic mass is 14.9. The lowest BCUT2D eigenvalue weighted by Crippen LogP contribution is -1.94. The van der Waals surface area contributed by atoms with Crippen LogP contribution in [0.3, 0.4) is 0 Å². The summed E-state index contributed by atoms with van der Waals surface area (Å²) in [7, 11) is 0. The molecule has 0 aliphatic carbocycles. The van der Waals surface area contributed by atoms with Crippen molar-refractivity contribution in [3.8, 4) is 0 Å². The SMILES string of the molecule is c1ccc2[nH]c3cc4[nH]c5cc6[nH]c7cc8[nH]c9ccccc9[nH]c8cc7[nH]c6cc5[nH]c4cc3[nH]c2c1. The zero-order valence-corrected chi connectivity index (χ0v) is 20.1. The average molecular weight is 495 g/mol. The molecule has 0 bridgehead atoms. The lowest BCUT2D eigenvalue weighted by molar-refractivity contribution is 1.35. The summed E-state index contributed by atoms with van der Waals surface area (Å²) in [5.74, 6) is 0. The fourth-order valence-electron chi connectivity index (χ4n) is 5.60. The monoisotopic (exact) mass is 494 g/mol. The van der Waals surface area contributed by atoms with Crippen molar-refractivity contribution >= 4 is 88.3 Å². The Morgan fingerprint density at radius 1 is 0.211 bits per heavy atom. The van der Waals surface area contributed by atoms with E-state index in [9.17, 15) is 0 Å². The first-order chi connectivity index (χ1) is 18.7. The van der Waals surface area contributed by atoms with Crippen LogP contribution in [0.5, 0.6) is 0 Å². The van der Waals surface area contributed by atoms with Crippen LogP contribution in [0.4, 0.5) is 0 Å². The van der Waals surface area contributed by atoms with Crippen LogP contribution in [0.2, 0.25) is 0 Å². The zero-order valence-electron chi connectivity index (χ0n) is 20.1. The van der Waals surface area contributed by atoms with Gasteiger partial charge in [-0.25, -0.2) is 0 Å². The second-order valence-corrected chi connectivity index (χ2v) is 9.92. The third kappa shape index (κ3) is 2.85. The standard InChI is InChI=1S/C30H22N8/c1-2-6-16-15(5-1)31-19-9-23-24(10-20(19)32-16)36-28-14-30-29(13-27(28)35-23)37-25-11-21-22(12-26(25)38-30)34-18-8-4-3-7-17(18)33-21/h1-14,31-38H. The molecular weight excluding hydrogens is 472 g/mol. The highest BCUT2D eigenvalue weighted by molar-refractivity contribution is 6.02. The molecule has 0 radical (unpaired) electrons. The largest absolute Gasteiger partial charge is 0.352 e. The fourth-order valence-corrected chi connectivity index (χ4v) is 5.60. The summed E-state index contributed by atoms with van der Waals surface area (Å²) in [4.78, 5) is 28.7. The molecule has 0 aliphatic rings. The number of hydrogen-bond donors (Lipinski definition) is 8. The molecule has 9 rings (SSSR count). The van der Waals surface area contributed by atoms with Gasteiger partial charge in [0.15, 0.2) is 0 Å². The molecule has 0 atom stereocenters.